The van der Waals surface area contributed by atoms with Crippen LogP contribution < -0.4 is 15.8 Å². The van der Waals surface area contributed by atoms with Gasteiger partial charge in [-0.05, 0) is 56.5 Å². The molecule has 1 aromatic heterocycles. The van der Waals surface area contributed by atoms with Crippen LogP contribution in [-0.4, -0.2) is 27.4 Å². The van der Waals surface area contributed by atoms with E-state index in [0.29, 0.717) is 29.1 Å². The summed E-state index contributed by atoms with van der Waals surface area (Å²) >= 11 is 0. The Morgan fingerprint density at radius 3 is 2.42 bits per heavy atom. The first-order valence-corrected chi connectivity index (χ1v) is 12.4. The average molecular weight is 513 g/mol. The van der Waals surface area contributed by atoms with Crippen molar-refractivity contribution in [2.45, 2.75) is 52.4 Å². The number of nitrogens with two attached hydrogens (primary N) is 1. The van der Waals surface area contributed by atoms with Gasteiger partial charge in [-0.25, -0.2) is 9.97 Å². The van der Waals surface area contributed by atoms with Gasteiger partial charge in [0, 0.05) is 11.4 Å². The number of ether oxygens (including phenoxy) is 2. The monoisotopic (exact) mass is 512 g/mol. The molecule has 1 heterocycles. The summed E-state index contributed by atoms with van der Waals surface area (Å²) < 4.78 is 11.4. The van der Waals surface area contributed by atoms with E-state index in [1.54, 1.807) is 12.1 Å². The first-order chi connectivity index (χ1) is 18.1. The Bertz CT molecular complexity index is 1450. The molecule has 0 spiro atoms. The lowest BCUT2D eigenvalue weighted by molar-refractivity contribution is -0.153. The molecule has 1 atom stereocenters. The van der Waals surface area contributed by atoms with Gasteiger partial charge in [0.15, 0.2) is 0 Å². The Hall–Kier alpha value is -4.46. The molecule has 1 unspecified atom stereocenters. The zero-order chi connectivity index (χ0) is 27.3. The predicted octanol–water partition coefficient (Wildman–Crippen LogP) is 5.37. The molecule has 3 aromatic carbocycles. The van der Waals surface area contributed by atoms with Crippen molar-refractivity contribution in [3.05, 3.63) is 95.3 Å². The minimum atomic E-state index is -0.604. The molecule has 0 aliphatic rings. The summed E-state index contributed by atoms with van der Waals surface area (Å²) in [6.07, 6.45) is 1.58. The first kappa shape index (κ1) is 26.6. The second-order valence-electron chi connectivity index (χ2n) is 10.1. The number of carbonyl (C=O) groups excluding carboxylic acids is 2. The fourth-order valence-corrected chi connectivity index (χ4v) is 4.07. The number of aromatic nitrogens is 2. The van der Waals surface area contributed by atoms with Crippen molar-refractivity contribution in [1.82, 2.24) is 9.97 Å². The Morgan fingerprint density at radius 2 is 1.71 bits per heavy atom. The third-order valence-electron chi connectivity index (χ3n) is 5.80. The molecule has 4 rings (SSSR count). The molecule has 0 radical (unpaired) electrons. The first-order valence-electron chi connectivity index (χ1n) is 12.4. The number of nitrogens with zero attached hydrogens (tertiary/aromatic N) is 2. The highest BCUT2D eigenvalue weighted by atomic mass is 16.6. The highest BCUT2D eigenvalue weighted by molar-refractivity contribution is 6.07. The molecule has 3 N–H and O–H groups in total. The Kier molecular flexibility index (Phi) is 7.90. The van der Waals surface area contributed by atoms with Crippen LogP contribution in [0.5, 0.6) is 5.75 Å². The van der Waals surface area contributed by atoms with Gasteiger partial charge in [-0.1, -0.05) is 54.6 Å². The molecule has 0 aliphatic carbocycles. The molecule has 4 aromatic rings. The van der Waals surface area contributed by atoms with Gasteiger partial charge < -0.3 is 20.5 Å². The molecule has 1 amide bonds. The maximum absolute atomic E-state index is 12.3. The fourth-order valence-electron chi connectivity index (χ4n) is 4.07. The van der Waals surface area contributed by atoms with Gasteiger partial charge in [0.25, 0.3) is 5.91 Å². The highest BCUT2D eigenvalue weighted by Gasteiger charge is 2.18. The summed E-state index contributed by atoms with van der Waals surface area (Å²) in [6.45, 7) is 7.87. The number of fused-ring (bicyclic) bond motifs is 1. The summed E-state index contributed by atoms with van der Waals surface area (Å²) in [6, 6.07) is 20.7. The maximum Gasteiger partial charge on any atom is 0.310 e. The minimum Gasteiger partial charge on any atom is -0.489 e. The number of primary amides is 1. The average Bonchev–Trinajstić information content (AvgIpc) is 2.87. The van der Waals surface area contributed by atoms with Crippen molar-refractivity contribution in [2.75, 3.05) is 5.32 Å². The zero-order valence-electron chi connectivity index (χ0n) is 22.0. The third-order valence-corrected chi connectivity index (χ3v) is 5.80. The van der Waals surface area contributed by atoms with E-state index in [1.807, 2.05) is 82.3 Å². The molecule has 196 valence electrons. The molecule has 0 saturated carbocycles. The van der Waals surface area contributed by atoms with Gasteiger partial charge in [0.2, 0.25) is 0 Å². The van der Waals surface area contributed by atoms with Crippen LogP contribution in [-0.2, 0) is 22.6 Å². The second kappa shape index (κ2) is 11.3. The SMILES string of the molecule is CC(Nc1ncnc2c(C(N)=O)cc(OCc3ccccc3)cc12)c1cccc(CC(=O)OC(C)(C)C)c1. The highest BCUT2D eigenvalue weighted by Crippen LogP contribution is 2.31. The number of nitrogens with one attached hydrogen (secondary N) is 1. The molecule has 0 fully saturated rings. The number of esters is 1. The van der Waals surface area contributed by atoms with Crippen LogP contribution in [0.2, 0.25) is 0 Å². The summed E-state index contributed by atoms with van der Waals surface area (Å²) in [5.41, 5.74) is 8.64. The Morgan fingerprint density at radius 1 is 0.974 bits per heavy atom. The molecule has 0 saturated heterocycles. The number of hydrogen-bond donors (Lipinski definition) is 2. The molecule has 0 bridgehead atoms. The number of anilines is 1. The molecule has 0 aliphatic heterocycles. The summed E-state index contributed by atoms with van der Waals surface area (Å²) in [4.78, 5) is 33.3. The summed E-state index contributed by atoms with van der Waals surface area (Å²) in [5.74, 6) is 0.138. The van der Waals surface area contributed by atoms with Gasteiger partial charge in [-0.2, -0.15) is 0 Å². The standard InChI is InChI=1S/C30H32N4O4/c1-19(22-12-8-11-21(13-22)14-26(35)38-30(2,3)4)34-29-25-16-23(37-17-20-9-6-5-7-10-20)15-24(28(31)36)27(25)32-18-33-29/h5-13,15-16,18-19H,14,17H2,1-4H3,(H2,31,36)(H,32,33,34). The van der Waals surface area contributed by atoms with E-state index in [-0.39, 0.29) is 24.0 Å². The summed E-state index contributed by atoms with van der Waals surface area (Å²) in [7, 11) is 0. The van der Waals surface area contributed by atoms with E-state index in [1.165, 1.54) is 6.33 Å². The Balaban J connectivity index is 1.59. The van der Waals surface area contributed by atoms with Crippen LogP contribution in [0.4, 0.5) is 5.82 Å². The van der Waals surface area contributed by atoms with Crippen LogP contribution in [0.15, 0.2) is 73.1 Å². The van der Waals surface area contributed by atoms with Crippen LogP contribution in [0.25, 0.3) is 10.9 Å². The van der Waals surface area contributed by atoms with Gasteiger partial charge >= 0.3 is 5.97 Å². The predicted molar refractivity (Wildman–Crippen MR) is 147 cm³/mol. The van der Waals surface area contributed by atoms with E-state index >= 15 is 0 Å². The van der Waals surface area contributed by atoms with Gasteiger partial charge in [-0.3, -0.25) is 9.59 Å². The number of hydrogen-bond acceptors (Lipinski definition) is 7. The van der Waals surface area contributed by atoms with Crippen molar-refractivity contribution < 1.29 is 19.1 Å². The maximum atomic E-state index is 12.3. The zero-order valence-corrected chi connectivity index (χ0v) is 22.0. The van der Waals surface area contributed by atoms with E-state index in [4.69, 9.17) is 15.2 Å². The van der Waals surface area contributed by atoms with E-state index in [0.717, 1.165) is 16.7 Å². The van der Waals surface area contributed by atoms with Crippen LogP contribution in [0, 0.1) is 0 Å². The molecular formula is C30H32N4O4. The number of benzene rings is 3. The second-order valence-corrected chi connectivity index (χ2v) is 10.1. The number of rotatable bonds is 9. The molecule has 8 heteroatoms. The fraction of sp³-hybridized carbons (Fsp3) is 0.267. The minimum absolute atomic E-state index is 0.169. The van der Waals surface area contributed by atoms with Gasteiger partial charge in [-0.15, -0.1) is 0 Å². The van der Waals surface area contributed by atoms with Crippen LogP contribution in [0.3, 0.4) is 0 Å². The lowest BCUT2D eigenvalue weighted by Gasteiger charge is -2.20. The topological polar surface area (TPSA) is 116 Å². The summed E-state index contributed by atoms with van der Waals surface area (Å²) in [5, 5.41) is 4.03. The molecule has 38 heavy (non-hydrogen) atoms. The smallest absolute Gasteiger partial charge is 0.310 e. The van der Waals surface area contributed by atoms with Gasteiger partial charge in [0.05, 0.1) is 17.5 Å². The third kappa shape index (κ3) is 6.85. The lowest BCUT2D eigenvalue weighted by atomic mass is 10.0. The van der Waals surface area contributed by atoms with E-state index in [9.17, 15) is 9.59 Å². The quantitative estimate of drug-likeness (QED) is 0.290. The number of amides is 1. The van der Waals surface area contributed by atoms with Crippen molar-refractivity contribution >= 4 is 28.6 Å². The normalized spacial score (nSPS) is 12.1. The largest absolute Gasteiger partial charge is 0.489 e. The van der Waals surface area contributed by atoms with Gasteiger partial charge in [0.1, 0.15) is 30.1 Å². The van der Waals surface area contributed by atoms with Crippen molar-refractivity contribution in [1.29, 1.82) is 0 Å². The van der Waals surface area contributed by atoms with Crippen molar-refractivity contribution in [3.63, 3.8) is 0 Å². The van der Waals surface area contributed by atoms with Crippen LogP contribution >= 0.6 is 0 Å². The van der Waals surface area contributed by atoms with Crippen LogP contribution in [0.1, 0.15) is 60.8 Å². The van der Waals surface area contributed by atoms with Crippen molar-refractivity contribution in [3.8, 4) is 5.75 Å². The van der Waals surface area contributed by atoms with Crippen molar-refractivity contribution in [2.24, 2.45) is 5.73 Å². The van der Waals surface area contributed by atoms with E-state index < -0.39 is 11.5 Å². The molecular weight excluding hydrogens is 480 g/mol. The Labute approximate surface area is 222 Å². The number of carbonyl (C=O) groups is 2. The lowest BCUT2D eigenvalue weighted by Crippen LogP contribution is -2.25. The van der Waals surface area contributed by atoms with E-state index in [2.05, 4.69) is 15.3 Å². The molecule has 8 nitrogen and oxygen atoms in total.